The second-order valence-corrected chi connectivity index (χ2v) is 8.75. The van der Waals surface area contributed by atoms with Crippen LogP contribution in [0.1, 0.15) is 30.4 Å². The highest BCUT2D eigenvalue weighted by molar-refractivity contribution is 5.89. The molecule has 1 amide bonds. The number of alkyl halides is 4. The van der Waals surface area contributed by atoms with Crippen molar-refractivity contribution in [1.29, 1.82) is 0 Å². The van der Waals surface area contributed by atoms with Crippen LogP contribution in [-0.2, 0) is 4.79 Å². The Hall–Kier alpha value is -3.97. The number of anilines is 1. The Kier molecular flexibility index (Phi) is 5.23. The molecule has 2 atom stereocenters. The second kappa shape index (κ2) is 9.16. The number of fused-ring (bicyclic) bond motifs is 2. The maximum absolute atomic E-state index is 14.9. The van der Waals surface area contributed by atoms with Crippen molar-refractivity contribution in [3.63, 3.8) is 0 Å². The molecule has 1 aliphatic rings. The Morgan fingerprint density at radius 2 is 2.14 bits per heavy atom. The molecule has 4 heterocycles. The number of methoxy groups -OCH3 is 1. The maximum atomic E-state index is 14.9. The Labute approximate surface area is 212 Å². The first kappa shape index (κ1) is 21.1. The molecule has 4 aromatic rings. The van der Waals surface area contributed by atoms with Crippen molar-refractivity contribution >= 4 is 28.4 Å². The smallest absolute Gasteiger partial charge is 0.285 e. The van der Waals surface area contributed by atoms with Gasteiger partial charge in [0.15, 0.2) is 0 Å². The van der Waals surface area contributed by atoms with E-state index < -0.39 is 43.7 Å². The molecule has 3 aromatic heterocycles. The van der Waals surface area contributed by atoms with E-state index in [2.05, 4.69) is 25.7 Å². The number of carbonyl (C=O) groups is 1. The molecule has 1 saturated heterocycles. The standard InChI is InChI=1S/C23H24F4N8O2/c1-12(20(24)25)35-17-10-14(4-5-16(17)30-32-35)15-6-9-34-19(15)21(37-3)29-22(31-34)28-18-7-8-33(13(2)36)11-23(18,26)27/h4-6,9-10,12,18,20H,7-8,11H2,1-3H3,(H,28,31)/t12-,18+/m0/s1/i2D3. The molecule has 0 spiro atoms. The quantitative estimate of drug-likeness (QED) is 0.385. The van der Waals surface area contributed by atoms with Gasteiger partial charge in [-0.3, -0.25) is 4.79 Å². The summed E-state index contributed by atoms with van der Waals surface area (Å²) in [6.07, 6.45) is -1.32. The molecule has 1 N–H and O–H groups in total. The van der Waals surface area contributed by atoms with Crippen molar-refractivity contribution in [2.45, 2.75) is 44.6 Å². The van der Waals surface area contributed by atoms with Gasteiger partial charge in [-0.1, -0.05) is 11.3 Å². The van der Waals surface area contributed by atoms with E-state index in [1.807, 2.05) is 0 Å². The van der Waals surface area contributed by atoms with Crippen molar-refractivity contribution in [3.05, 3.63) is 30.5 Å². The van der Waals surface area contributed by atoms with E-state index in [-0.39, 0.29) is 24.8 Å². The van der Waals surface area contributed by atoms with Crippen molar-refractivity contribution < 1.29 is 31.2 Å². The summed E-state index contributed by atoms with van der Waals surface area (Å²) in [4.78, 5) is 16.9. The first-order chi connectivity index (χ1) is 18.8. The van der Waals surface area contributed by atoms with Crippen LogP contribution in [-0.4, -0.2) is 79.0 Å². The first-order valence-electron chi connectivity index (χ1n) is 12.8. The van der Waals surface area contributed by atoms with Gasteiger partial charge in [0.2, 0.25) is 17.7 Å². The number of piperidine rings is 1. The number of carbonyl (C=O) groups excluding carboxylic acids is 1. The minimum atomic E-state index is -3.46. The van der Waals surface area contributed by atoms with Crippen LogP contribution in [0.25, 0.3) is 27.7 Å². The summed E-state index contributed by atoms with van der Waals surface area (Å²) in [6, 6.07) is 4.04. The van der Waals surface area contributed by atoms with Crippen LogP contribution in [0.4, 0.5) is 23.5 Å². The molecule has 1 aliphatic heterocycles. The van der Waals surface area contributed by atoms with Crippen molar-refractivity contribution in [2.24, 2.45) is 0 Å². The summed E-state index contributed by atoms with van der Waals surface area (Å²) in [6.45, 7) is -2.92. The maximum Gasteiger partial charge on any atom is 0.285 e. The highest BCUT2D eigenvalue weighted by atomic mass is 19.3. The number of ether oxygens (including phenoxy) is 1. The molecule has 0 bridgehead atoms. The first-order valence-corrected chi connectivity index (χ1v) is 11.3. The third-order valence-electron chi connectivity index (χ3n) is 6.39. The molecule has 5 rings (SSSR count). The molecule has 1 fully saturated rings. The molecule has 0 aliphatic carbocycles. The van der Waals surface area contributed by atoms with Gasteiger partial charge in [0, 0.05) is 29.3 Å². The van der Waals surface area contributed by atoms with Gasteiger partial charge >= 0.3 is 0 Å². The van der Waals surface area contributed by atoms with Crippen molar-refractivity contribution in [1.82, 2.24) is 34.5 Å². The van der Waals surface area contributed by atoms with Crippen molar-refractivity contribution in [3.8, 4) is 17.0 Å². The van der Waals surface area contributed by atoms with E-state index in [1.54, 1.807) is 30.5 Å². The normalized spacial score (nSPS) is 20.0. The summed E-state index contributed by atoms with van der Waals surface area (Å²) in [5.74, 6) is -4.90. The zero-order valence-corrected chi connectivity index (χ0v) is 19.7. The van der Waals surface area contributed by atoms with Crippen molar-refractivity contribution in [2.75, 3.05) is 25.5 Å². The van der Waals surface area contributed by atoms with Crippen LogP contribution in [0, 0.1) is 0 Å². The molecular formula is C23H24F4N8O2. The Balaban J connectivity index is 1.45. The predicted octanol–water partition coefficient (Wildman–Crippen LogP) is 3.64. The fraction of sp³-hybridized carbons (Fsp3) is 0.435. The van der Waals surface area contributed by atoms with Crippen LogP contribution in [0.5, 0.6) is 5.88 Å². The highest BCUT2D eigenvalue weighted by Gasteiger charge is 2.45. The van der Waals surface area contributed by atoms with Gasteiger partial charge in [-0.05, 0) is 37.1 Å². The number of amides is 1. The molecule has 0 unspecified atom stereocenters. The van der Waals surface area contributed by atoms with Gasteiger partial charge in [-0.15, -0.1) is 10.2 Å². The van der Waals surface area contributed by atoms with Gasteiger partial charge in [0.25, 0.3) is 12.3 Å². The number of nitrogens with one attached hydrogen (secondary N) is 1. The van der Waals surface area contributed by atoms with E-state index in [9.17, 15) is 22.4 Å². The lowest BCUT2D eigenvalue weighted by molar-refractivity contribution is -0.140. The average Bonchev–Trinajstić information content (AvgIpc) is 3.51. The topological polar surface area (TPSA) is 102 Å². The van der Waals surface area contributed by atoms with Crippen LogP contribution < -0.4 is 10.1 Å². The molecule has 37 heavy (non-hydrogen) atoms. The fourth-order valence-corrected chi connectivity index (χ4v) is 4.39. The number of rotatable bonds is 6. The van der Waals surface area contributed by atoms with Crippen LogP contribution in [0.3, 0.4) is 0 Å². The lowest BCUT2D eigenvalue weighted by atomic mass is 10.0. The number of hydrogen-bond donors (Lipinski definition) is 1. The Morgan fingerprint density at radius 1 is 1.32 bits per heavy atom. The summed E-state index contributed by atoms with van der Waals surface area (Å²) in [7, 11) is 1.35. The zero-order chi connectivity index (χ0) is 29.0. The monoisotopic (exact) mass is 523 g/mol. The second-order valence-electron chi connectivity index (χ2n) is 8.75. The lowest BCUT2D eigenvalue weighted by Gasteiger charge is -2.38. The Morgan fingerprint density at radius 3 is 2.84 bits per heavy atom. The molecule has 10 nitrogen and oxygen atoms in total. The minimum Gasteiger partial charge on any atom is -0.479 e. The molecule has 196 valence electrons. The van der Waals surface area contributed by atoms with Gasteiger partial charge in [-0.2, -0.15) is 4.98 Å². The van der Waals surface area contributed by atoms with Gasteiger partial charge in [0.05, 0.1) is 25.2 Å². The number of benzene rings is 1. The SMILES string of the molecule is [2H]C([2H])([2H])C(=O)N1CC[C@@H](Nc2nc(OC)c3c(-c4ccc5nnn([C@@H](C)C(F)F)c5c4)ccn3n2)C(F)(F)C1. The third-order valence-corrected chi connectivity index (χ3v) is 6.39. The summed E-state index contributed by atoms with van der Waals surface area (Å²) < 4.78 is 86.1. The number of halogens is 4. The zero-order valence-electron chi connectivity index (χ0n) is 22.7. The molecule has 0 saturated carbocycles. The van der Waals surface area contributed by atoms with E-state index in [4.69, 9.17) is 8.85 Å². The molecule has 0 radical (unpaired) electrons. The van der Waals surface area contributed by atoms with Gasteiger partial charge in [0.1, 0.15) is 17.1 Å². The summed E-state index contributed by atoms with van der Waals surface area (Å²) >= 11 is 0. The van der Waals surface area contributed by atoms with Gasteiger partial charge in [-0.25, -0.2) is 26.8 Å². The average molecular weight is 524 g/mol. The van der Waals surface area contributed by atoms with E-state index in [0.29, 0.717) is 32.6 Å². The summed E-state index contributed by atoms with van der Waals surface area (Å²) in [5, 5.41) is 14.7. The van der Waals surface area contributed by atoms with Crippen LogP contribution in [0.2, 0.25) is 0 Å². The number of nitrogens with zero attached hydrogens (tertiary/aromatic N) is 7. The molecular weight excluding hydrogens is 496 g/mol. The van der Waals surface area contributed by atoms with Crippen LogP contribution >= 0.6 is 0 Å². The van der Waals surface area contributed by atoms with E-state index in [1.165, 1.54) is 18.5 Å². The lowest BCUT2D eigenvalue weighted by Crippen LogP contribution is -2.55. The van der Waals surface area contributed by atoms with E-state index >= 15 is 0 Å². The highest BCUT2D eigenvalue weighted by Crippen LogP contribution is 2.35. The molecule has 1 aromatic carbocycles. The number of hydrogen-bond acceptors (Lipinski definition) is 7. The minimum absolute atomic E-state index is 0.0588. The van der Waals surface area contributed by atoms with Crippen LogP contribution in [0.15, 0.2) is 30.5 Å². The number of likely N-dealkylation sites (tertiary alicyclic amines) is 1. The number of aromatic nitrogens is 6. The molecule has 14 heteroatoms. The predicted molar refractivity (Wildman–Crippen MR) is 126 cm³/mol. The van der Waals surface area contributed by atoms with Gasteiger partial charge < -0.3 is 15.0 Å². The third kappa shape index (κ3) is 4.40. The summed E-state index contributed by atoms with van der Waals surface area (Å²) in [5.41, 5.74) is 2.43. The Bertz CT molecular complexity index is 1580. The largest absolute Gasteiger partial charge is 0.479 e. The van der Waals surface area contributed by atoms with E-state index in [0.717, 1.165) is 4.68 Å². The fourth-order valence-electron chi connectivity index (χ4n) is 4.39.